The smallest absolute Gasteiger partial charge is 0.230 e. The molecular weight excluding hydrogens is 182 g/mol. The van der Waals surface area contributed by atoms with Crippen LogP contribution in [-0.4, -0.2) is 31.1 Å². The van der Waals surface area contributed by atoms with Crippen molar-refractivity contribution in [3.63, 3.8) is 0 Å². The average Bonchev–Trinajstić information content (AvgIpc) is 2.58. The number of hydrogen-bond donors (Lipinski definition) is 2. The first-order chi connectivity index (χ1) is 6.48. The number of aromatic amines is 1. The van der Waals surface area contributed by atoms with E-state index in [1.54, 1.807) is 16.8 Å². The summed E-state index contributed by atoms with van der Waals surface area (Å²) in [5, 5.41) is 12.3. The minimum Gasteiger partial charge on any atom is -0.382 e. The molecule has 5 heteroatoms. The summed E-state index contributed by atoms with van der Waals surface area (Å²) in [5.74, 6) is -0.241. The van der Waals surface area contributed by atoms with Gasteiger partial charge in [0.25, 0.3) is 0 Å². The normalized spacial score (nSPS) is 12.2. The summed E-state index contributed by atoms with van der Waals surface area (Å²) in [4.78, 5) is 15.6. The number of aliphatic hydroxyl groups is 1. The van der Waals surface area contributed by atoms with E-state index in [4.69, 9.17) is 0 Å². The van der Waals surface area contributed by atoms with Crippen LogP contribution in [0.5, 0.6) is 0 Å². The fraction of sp³-hybridized carbons (Fsp3) is 0.333. The zero-order valence-corrected chi connectivity index (χ0v) is 7.98. The molecule has 2 aromatic rings. The van der Waals surface area contributed by atoms with Gasteiger partial charge in [0.1, 0.15) is 5.60 Å². The number of nitrogens with one attached hydrogen (secondary N) is 1. The van der Waals surface area contributed by atoms with Crippen molar-refractivity contribution in [1.29, 1.82) is 0 Å². The third kappa shape index (κ3) is 1.31. The largest absolute Gasteiger partial charge is 0.382 e. The summed E-state index contributed by atoms with van der Waals surface area (Å²) in [5.41, 5.74) is -0.729. The molecular formula is C9H11N3O2. The van der Waals surface area contributed by atoms with E-state index in [-0.39, 0.29) is 5.82 Å². The number of fused-ring (bicyclic) bond motifs is 1. The molecule has 0 radical (unpaired) electrons. The van der Waals surface area contributed by atoms with Crippen molar-refractivity contribution >= 4 is 11.4 Å². The average molecular weight is 193 g/mol. The van der Waals surface area contributed by atoms with Gasteiger partial charge in [-0.1, -0.05) is 0 Å². The Labute approximate surface area is 80.4 Å². The van der Waals surface area contributed by atoms with Crippen molar-refractivity contribution in [3.8, 4) is 0 Å². The van der Waals surface area contributed by atoms with Gasteiger partial charge in [0.05, 0.1) is 0 Å². The minimum absolute atomic E-state index is 0.174. The SMILES string of the molecule is CC(C)(O)C(=O)c1nc2cccn2[nH]1. The van der Waals surface area contributed by atoms with Crippen LogP contribution in [0.25, 0.3) is 5.65 Å². The summed E-state index contributed by atoms with van der Waals surface area (Å²) in [6, 6.07) is 3.59. The molecule has 14 heavy (non-hydrogen) atoms. The number of rotatable bonds is 2. The highest BCUT2D eigenvalue weighted by atomic mass is 16.3. The van der Waals surface area contributed by atoms with E-state index in [0.29, 0.717) is 5.65 Å². The van der Waals surface area contributed by atoms with E-state index in [9.17, 15) is 9.90 Å². The van der Waals surface area contributed by atoms with Crippen LogP contribution in [-0.2, 0) is 0 Å². The van der Waals surface area contributed by atoms with Gasteiger partial charge < -0.3 is 5.11 Å². The first-order valence-corrected chi connectivity index (χ1v) is 4.29. The Morgan fingerprint density at radius 1 is 1.64 bits per heavy atom. The van der Waals surface area contributed by atoms with E-state index in [2.05, 4.69) is 10.1 Å². The summed E-state index contributed by atoms with van der Waals surface area (Å²) >= 11 is 0. The number of Topliss-reactive ketones (excluding diaryl/α,β-unsaturated/α-hetero) is 1. The number of H-pyrrole nitrogens is 1. The highest BCUT2D eigenvalue weighted by Crippen LogP contribution is 2.10. The molecule has 0 saturated carbocycles. The molecule has 74 valence electrons. The summed E-state index contributed by atoms with van der Waals surface area (Å²) < 4.78 is 1.62. The number of carbonyl (C=O) groups is 1. The highest BCUT2D eigenvalue weighted by Gasteiger charge is 2.28. The molecule has 2 aromatic heterocycles. The predicted octanol–water partition coefficient (Wildman–Crippen LogP) is 0.616. The molecule has 5 nitrogen and oxygen atoms in total. The third-order valence-corrected chi connectivity index (χ3v) is 1.95. The van der Waals surface area contributed by atoms with Gasteiger partial charge in [-0.2, -0.15) is 0 Å². The molecule has 0 aliphatic heterocycles. The van der Waals surface area contributed by atoms with Gasteiger partial charge in [-0.3, -0.25) is 9.89 Å². The fourth-order valence-corrected chi connectivity index (χ4v) is 1.20. The van der Waals surface area contributed by atoms with Crippen molar-refractivity contribution < 1.29 is 9.90 Å². The second-order valence-electron chi connectivity index (χ2n) is 3.70. The van der Waals surface area contributed by atoms with E-state index in [0.717, 1.165) is 0 Å². The number of carbonyl (C=O) groups excluding carboxylic acids is 1. The van der Waals surface area contributed by atoms with Crippen molar-refractivity contribution in [2.75, 3.05) is 0 Å². The van der Waals surface area contributed by atoms with Gasteiger partial charge in [-0.05, 0) is 26.0 Å². The van der Waals surface area contributed by atoms with Crippen LogP contribution in [0.1, 0.15) is 24.5 Å². The van der Waals surface area contributed by atoms with E-state index in [1.807, 2.05) is 6.07 Å². The zero-order valence-electron chi connectivity index (χ0n) is 7.98. The lowest BCUT2D eigenvalue weighted by Gasteiger charge is -2.12. The fourth-order valence-electron chi connectivity index (χ4n) is 1.20. The van der Waals surface area contributed by atoms with E-state index >= 15 is 0 Å². The quantitative estimate of drug-likeness (QED) is 0.687. The Hall–Kier alpha value is -1.62. The van der Waals surface area contributed by atoms with Crippen LogP contribution in [0, 0.1) is 0 Å². The van der Waals surface area contributed by atoms with E-state index < -0.39 is 11.4 Å². The van der Waals surface area contributed by atoms with Crippen molar-refractivity contribution in [1.82, 2.24) is 14.6 Å². The Bertz CT molecular complexity index is 447. The van der Waals surface area contributed by atoms with Crippen LogP contribution < -0.4 is 0 Å². The number of hydrogen-bond acceptors (Lipinski definition) is 3. The van der Waals surface area contributed by atoms with Crippen LogP contribution in [0.3, 0.4) is 0 Å². The first-order valence-electron chi connectivity index (χ1n) is 4.29. The standard InChI is InChI=1S/C9H11N3O2/c1-9(2,14)7(13)8-10-6-4-3-5-12(6)11-8/h3-5,14H,1-2H3,(H,10,11). The summed E-state index contributed by atoms with van der Waals surface area (Å²) in [7, 11) is 0. The first kappa shape index (κ1) is 8.96. The number of aromatic nitrogens is 3. The molecule has 0 saturated heterocycles. The minimum atomic E-state index is -1.39. The molecule has 0 fully saturated rings. The Balaban J connectivity index is 2.45. The molecule has 0 atom stereocenters. The molecule has 2 heterocycles. The zero-order chi connectivity index (χ0) is 10.3. The summed E-state index contributed by atoms with van der Waals surface area (Å²) in [6.07, 6.45) is 1.75. The Morgan fingerprint density at radius 2 is 2.36 bits per heavy atom. The van der Waals surface area contributed by atoms with Crippen molar-refractivity contribution in [2.45, 2.75) is 19.4 Å². The molecule has 0 aliphatic rings. The van der Waals surface area contributed by atoms with Crippen LogP contribution in [0.2, 0.25) is 0 Å². The van der Waals surface area contributed by atoms with Gasteiger partial charge >= 0.3 is 0 Å². The highest BCUT2D eigenvalue weighted by molar-refractivity contribution is 5.98. The van der Waals surface area contributed by atoms with Crippen molar-refractivity contribution in [2.24, 2.45) is 0 Å². The topological polar surface area (TPSA) is 70.4 Å². The lowest BCUT2D eigenvalue weighted by molar-refractivity contribution is 0.0477. The van der Waals surface area contributed by atoms with Gasteiger partial charge in [0.2, 0.25) is 5.78 Å². The van der Waals surface area contributed by atoms with Gasteiger partial charge in [-0.25, -0.2) is 9.50 Å². The lowest BCUT2D eigenvalue weighted by Crippen LogP contribution is -2.32. The molecule has 0 bridgehead atoms. The molecule has 0 aromatic carbocycles. The van der Waals surface area contributed by atoms with E-state index in [1.165, 1.54) is 13.8 Å². The Morgan fingerprint density at radius 3 is 2.93 bits per heavy atom. The molecule has 2 rings (SSSR count). The van der Waals surface area contributed by atoms with Crippen LogP contribution in [0.4, 0.5) is 0 Å². The summed E-state index contributed by atoms with van der Waals surface area (Å²) in [6.45, 7) is 2.88. The Kier molecular flexibility index (Phi) is 1.72. The maximum atomic E-state index is 11.6. The maximum Gasteiger partial charge on any atom is 0.230 e. The monoisotopic (exact) mass is 193 g/mol. The van der Waals surface area contributed by atoms with Gasteiger partial charge in [-0.15, -0.1) is 0 Å². The second-order valence-corrected chi connectivity index (χ2v) is 3.70. The lowest BCUT2D eigenvalue weighted by atomic mass is 10.0. The van der Waals surface area contributed by atoms with Gasteiger partial charge in [0, 0.05) is 6.20 Å². The van der Waals surface area contributed by atoms with Gasteiger partial charge in [0.15, 0.2) is 11.5 Å². The van der Waals surface area contributed by atoms with Crippen LogP contribution in [0.15, 0.2) is 18.3 Å². The third-order valence-electron chi connectivity index (χ3n) is 1.95. The molecule has 2 N–H and O–H groups in total. The maximum absolute atomic E-state index is 11.6. The van der Waals surface area contributed by atoms with Crippen LogP contribution >= 0.6 is 0 Å². The molecule has 0 aliphatic carbocycles. The molecule has 0 spiro atoms. The van der Waals surface area contributed by atoms with Crippen molar-refractivity contribution in [3.05, 3.63) is 24.2 Å². The molecule has 0 amide bonds. The number of ketones is 1. The predicted molar refractivity (Wildman–Crippen MR) is 50.2 cm³/mol. The molecule has 0 unspecified atom stereocenters. The second kappa shape index (κ2) is 2.68. The number of nitrogens with zero attached hydrogens (tertiary/aromatic N) is 2.